The maximum atomic E-state index is 13.3. The van der Waals surface area contributed by atoms with Crippen LogP contribution in [-0.2, 0) is 16.1 Å². The van der Waals surface area contributed by atoms with Crippen molar-refractivity contribution in [1.82, 2.24) is 0 Å². The molecule has 6 nitrogen and oxygen atoms in total. The van der Waals surface area contributed by atoms with Crippen LogP contribution in [0.1, 0.15) is 26.3 Å². The number of nitrogens with one attached hydrogen (secondary N) is 2. The Morgan fingerprint density at radius 3 is 2.38 bits per heavy atom. The fourth-order valence-electron chi connectivity index (χ4n) is 3.70. The Kier molecular flexibility index (Phi) is 5.94. The molecule has 154 valence electrons. The maximum absolute atomic E-state index is 13.3. The first-order valence-corrected chi connectivity index (χ1v) is 10.1. The number of anilines is 3. The van der Waals surface area contributed by atoms with Crippen LogP contribution in [0.15, 0.2) is 48.5 Å². The molecule has 0 aromatic heterocycles. The van der Waals surface area contributed by atoms with Crippen LogP contribution < -0.4 is 20.0 Å². The Hall–Kier alpha value is -2.86. The summed E-state index contributed by atoms with van der Waals surface area (Å²) in [4.78, 5) is 30.8. The number of carbonyl (C=O) groups is 2. The van der Waals surface area contributed by atoms with Gasteiger partial charge in [-0.25, -0.2) is 0 Å². The topological polar surface area (TPSA) is 57.1 Å². The molecule has 0 radical (unpaired) electrons. The average Bonchev–Trinajstić information content (AvgIpc) is 2.68. The summed E-state index contributed by atoms with van der Waals surface area (Å²) in [6.45, 7) is 7.58. The van der Waals surface area contributed by atoms with Crippen molar-refractivity contribution in [1.29, 1.82) is 0 Å². The van der Waals surface area contributed by atoms with Gasteiger partial charge in [-0.05, 0) is 45.0 Å². The molecule has 1 heterocycles. The van der Waals surface area contributed by atoms with Gasteiger partial charge < -0.3 is 15.1 Å². The second-order valence-electron chi connectivity index (χ2n) is 8.28. The predicted octanol–water partition coefficient (Wildman–Crippen LogP) is 1.92. The van der Waals surface area contributed by atoms with Crippen LogP contribution in [0.3, 0.4) is 0 Å². The number of fused-ring (bicyclic) bond motifs is 1. The van der Waals surface area contributed by atoms with Crippen molar-refractivity contribution in [2.45, 2.75) is 32.9 Å². The number of carbonyl (C=O) groups excluding carboxylic acids is 2. The molecule has 0 saturated carbocycles. The number of quaternary nitrogens is 1. The predicted molar refractivity (Wildman–Crippen MR) is 117 cm³/mol. The van der Waals surface area contributed by atoms with Crippen LogP contribution in [0.2, 0.25) is 0 Å². The van der Waals surface area contributed by atoms with E-state index in [4.69, 9.17) is 0 Å². The fraction of sp³-hybridized carbons (Fsp3) is 0.391. The van der Waals surface area contributed by atoms with Crippen LogP contribution >= 0.6 is 0 Å². The normalized spacial score (nSPS) is 16.0. The summed E-state index contributed by atoms with van der Waals surface area (Å²) < 4.78 is 0. The van der Waals surface area contributed by atoms with Crippen LogP contribution in [0.25, 0.3) is 0 Å². The van der Waals surface area contributed by atoms with Gasteiger partial charge in [-0.3, -0.25) is 14.5 Å². The standard InChI is InChI=1S/C23H30N4O2/c1-6-26(15-17-11-13-18(14-12-17)25(4)5)16-21(28)27-20-10-8-7-9-19(20)24-22(29)23(27,2)3/h7-14H,6,15-16H2,1-5H3,(H,24,29)/p+1. The first kappa shape index (κ1) is 20.9. The molecule has 2 N–H and O–H groups in total. The molecule has 2 amide bonds. The smallest absolute Gasteiger partial charge is 0.283 e. The molecular formula is C23H31N4O2+. The summed E-state index contributed by atoms with van der Waals surface area (Å²) in [5.74, 6) is -0.207. The lowest BCUT2D eigenvalue weighted by molar-refractivity contribution is -0.904. The number of para-hydroxylation sites is 2. The fourth-order valence-corrected chi connectivity index (χ4v) is 3.70. The highest BCUT2D eigenvalue weighted by atomic mass is 16.2. The minimum Gasteiger partial charge on any atom is -0.378 e. The first-order chi connectivity index (χ1) is 13.7. The van der Waals surface area contributed by atoms with Crippen LogP contribution in [-0.4, -0.2) is 44.5 Å². The van der Waals surface area contributed by atoms with Gasteiger partial charge in [0.15, 0.2) is 6.54 Å². The number of rotatable bonds is 6. The Labute approximate surface area is 173 Å². The SMILES string of the molecule is CC[NH+](CC(=O)N1c2ccccc2NC(=O)C1(C)C)Cc1ccc(N(C)C)cc1. The first-order valence-electron chi connectivity index (χ1n) is 10.1. The van der Waals surface area contributed by atoms with Crippen molar-refractivity contribution < 1.29 is 14.5 Å². The minimum atomic E-state index is -0.933. The lowest BCUT2D eigenvalue weighted by Gasteiger charge is -2.42. The molecule has 0 spiro atoms. The van der Waals surface area contributed by atoms with E-state index in [2.05, 4.69) is 41.4 Å². The van der Waals surface area contributed by atoms with Gasteiger partial charge in [0.05, 0.1) is 17.9 Å². The highest BCUT2D eigenvalue weighted by Crippen LogP contribution is 2.36. The third-order valence-corrected chi connectivity index (χ3v) is 5.57. The maximum Gasteiger partial charge on any atom is 0.283 e. The quantitative estimate of drug-likeness (QED) is 0.786. The third-order valence-electron chi connectivity index (χ3n) is 5.57. The van der Waals surface area contributed by atoms with Crippen molar-refractivity contribution in [3.8, 4) is 0 Å². The number of benzene rings is 2. The van der Waals surface area contributed by atoms with Gasteiger partial charge in [0, 0.05) is 25.3 Å². The largest absolute Gasteiger partial charge is 0.378 e. The zero-order valence-corrected chi connectivity index (χ0v) is 18.0. The summed E-state index contributed by atoms with van der Waals surface area (Å²) in [7, 11) is 4.04. The Balaban J connectivity index is 1.79. The number of amides is 2. The molecule has 0 saturated heterocycles. The molecule has 0 bridgehead atoms. The van der Waals surface area contributed by atoms with Crippen molar-refractivity contribution in [3.05, 3.63) is 54.1 Å². The molecule has 1 aliphatic heterocycles. The van der Waals surface area contributed by atoms with Gasteiger partial charge >= 0.3 is 0 Å². The summed E-state index contributed by atoms with van der Waals surface area (Å²) in [6, 6.07) is 15.9. The monoisotopic (exact) mass is 395 g/mol. The molecular weight excluding hydrogens is 364 g/mol. The number of nitrogens with zero attached hydrogens (tertiary/aromatic N) is 2. The molecule has 0 fully saturated rings. The van der Waals surface area contributed by atoms with E-state index in [0.717, 1.165) is 29.4 Å². The molecule has 6 heteroatoms. The zero-order valence-electron chi connectivity index (χ0n) is 18.0. The van der Waals surface area contributed by atoms with Gasteiger partial charge in [0.2, 0.25) is 5.91 Å². The van der Waals surface area contributed by atoms with E-state index in [1.165, 1.54) is 5.56 Å². The number of hydrogen-bond acceptors (Lipinski definition) is 3. The van der Waals surface area contributed by atoms with Crippen molar-refractivity contribution >= 4 is 28.9 Å². The van der Waals surface area contributed by atoms with Crippen LogP contribution in [0.4, 0.5) is 17.1 Å². The third kappa shape index (κ3) is 4.27. The van der Waals surface area contributed by atoms with E-state index in [1.807, 2.05) is 38.4 Å². The zero-order chi connectivity index (χ0) is 21.2. The van der Waals surface area contributed by atoms with Gasteiger partial charge in [0.25, 0.3) is 5.91 Å². The Morgan fingerprint density at radius 2 is 1.76 bits per heavy atom. The summed E-state index contributed by atoms with van der Waals surface area (Å²) in [5.41, 5.74) is 2.85. The molecule has 2 aromatic rings. The summed E-state index contributed by atoms with van der Waals surface area (Å²) >= 11 is 0. The Morgan fingerprint density at radius 1 is 1.10 bits per heavy atom. The van der Waals surface area contributed by atoms with E-state index < -0.39 is 5.54 Å². The number of hydrogen-bond donors (Lipinski definition) is 2. The van der Waals surface area contributed by atoms with Crippen LogP contribution in [0, 0.1) is 0 Å². The highest BCUT2D eigenvalue weighted by molar-refractivity contribution is 6.14. The van der Waals surface area contributed by atoms with E-state index in [1.54, 1.807) is 18.7 Å². The molecule has 1 unspecified atom stereocenters. The van der Waals surface area contributed by atoms with Gasteiger partial charge in [-0.1, -0.05) is 24.3 Å². The van der Waals surface area contributed by atoms with Crippen molar-refractivity contribution in [2.24, 2.45) is 0 Å². The summed E-state index contributed by atoms with van der Waals surface area (Å²) in [5, 5.41) is 2.91. The number of likely N-dealkylation sites (N-methyl/N-ethyl adjacent to an activating group) is 1. The van der Waals surface area contributed by atoms with Crippen molar-refractivity contribution in [3.63, 3.8) is 0 Å². The molecule has 29 heavy (non-hydrogen) atoms. The van der Waals surface area contributed by atoms with Gasteiger partial charge in [-0.15, -0.1) is 0 Å². The highest BCUT2D eigenvalue weighted by Gasteiger charge is 2.44. The molecule has 2 aromatic carbocycles. The van der Waals surface area contributed by atoms with Gasteiger partial charge in [-0.2, -0.15) is 0 Å². The molecule has 1 aliphatic rings. The lowest BCUT2D eigenvalue weighted by Crippen LogP contribution is -3.11. The second kappa shape index (κ2) is 8.25. The second-order valence-corrected chi connectivity index (χ2v) is 8.28. The average molecular weight is 396 g/mol. The van der Waals surface area contributed by atoms with Crippen molar-refractivity contribution in [2.75, 3.05) is 42.3 Å². The minimum absolute atomic E-state index is 0.0425. The Bertz CT molecular complexity index is 890. The van der Waals surface area contributed by atoms with E-state index in [0.29, 0.717) is 12.2 Å². The molecule has 1 atom stereocenters. The molecule has 0 aliphatic carbocycles. The van der Waals surface area contributed by atoms with Crippen LogP contribution in [0.5, 0.6) is 0 Å². The molecule has 3 rings (SSSR count). The van der Waals surface area contributed by atoms with Gasteiger partial charge in [0.1, 0.15) is 12.1 Å². The van der Waals surface area contributed by atoms with E-state index in [-0.39, 0.29) is 11.8 Å². The van der Waals surface area contributed by atoms with E-state index in [9.17, 15) is 9.59 Å². The lowest BCUT2D eigenvalue weighted by atomic mass is 9.96. The van der Waals surface area contributed by atoms with E-state index >= 15 is 0 Å². The summed E-state index contributed by atoms with van der Waals surface area (Å²) in [6.07, 6.45) is 0.